The Kier molecular flexibility index (Phi) is 2.82. The van der Waals surface area contributed by atoms with E-state index in [0.29, 0.717) is 11.2 Å². The van der Waals surface area contributed by atoms with Gasteiger partial charge in [0.15, 0.2) is 0 Å². The Morgan fingerprint density at radius 1 is 1.19 bits per heavy atom. The van der Waals surface area contributed by atoms with Crippen LogP contribution in [-0.2, 0) is 6.42 Å². The summed E-state index contributed by atoms with van der Waals surface area (Å²) >= 11 is 0. The highest BCUT2D eigenvalue weighted by atomic mass is 16.3. The summed E-state index contributed by atoms with van der Waals surface area (Å²) in [4.78, 5) is 0. The molecule has 1 unspecified atom stereocenters. The summed E-state index contributed by atoms with van der Waals surface area (Å²) in [6, 6.07) is 10.4. The summed E-state index contributed by atoms with van der Waals surface area (Å²) in [5.74, 6) is 2.01. The van der Waals surface area contributed by atoms with Gasteiger partial charge < -0.3 is 5.11 Å². The van der Waals surface area contributed by atoms with Crippen LogP contribution in [0.2, 0.25) is 0 Å². The van der Waals surface area contributed by atoms with E-state index < -0.39 is 0 Å². The Hall–Kier alpha value is -1.50. The number of rotatable bonds is 1. The van der Waals surface area contributed by atoms with E-state index >= 15 is 0 Å². The third kappa shape index (κ3) is 1.76. The lowest BCUT2D eigenvalue weighted by Crippen LogP contribution is -2.32. The van der Waals surface area contributed by atoms with Gasteiger partial charge in [-0.15, -0.1) is 0 Å². The van der Waals surface area contributed by atoms with E-state index in [1.807, 2.05) is 12.1 Å². The molecule has 0 aliphatic heterocycles. The molecule has 2 aromatic rings. The molecule has 0 bridgehead atoms. The molecule has 3 atom stereocenters. The molecule has 0 spiro atoms. The average molecular weight is 280 g/mol. The van der Waals surface area contributed by atoms with Gasteiger partial charge in [-0.05, 0) is 77.0 Å². The fourth-order valence-corrected chi connectivity index (χ4v) is 5.27. The molecule has 2 aliphatic carbocycles. The summed E-state index contributed by atoms with van der Waals surface area (Å²) in [5, 5.41) is 12.2. The van der Waals surface area contributed by atoms with Gasteiger partial charge >= 0.3 is 0 Å². The summed E-state index contributed by atoms with van der Waals surface area (Å²) in [7, 11) is 0. The van der Waals surface area contributed by atoms with Gasteiger partial charge in [0.25, 0.3) is 0 Å². The van der Waals surface area contributed by atoms with E-state index in [1.165, 1.54) is 42.9 Å². The maximum atomic E-state index is 9.69. The van der Waals surface area contributed by atoms with Gasteiger partial charge in [0.1, 0.15) is 5.75 Å². The smallest absolute Gasteiger partial charge is 0.116 e. The lowest BCUT2D eigenvalue weighted by Gasteiger charge is -2.42. The Labute approximate surface area is 127 Å². The highest BCUT2D eigenvalue weighted by molar-refractivity contribution is 5.88. The lowest BCUT2D eigenvalue weighted by molar-refractivity contribution is 0.168. The van der Waals surface area contributed by atoms with Crippen LogP contribution in [0.3, 0.4) is 0 Å². The van der Waals surface area contributed by atoms with Crippen molar-refractivity contribution in [2.24, 2.45) is 11.3 Å². The van der Waals surface area contributed by atoms with Crippen LogP contribution in [-0.4, -0.2) is 5.11 Å². The Morgan fingerprint density at radius 2 is 2.05 bits per heavy atom. The van der Waals surface area contributed by atoms with Gasteiger partial charge in [0.2, 0.25) is 0 Å². The zero-order valence-corrected chi connectivity index (χ0v) is 13.0. The van der Waals surface area contributed by atoms with Crippen LogP contribution in [0, 0.1) is 11.3 Å². The summed E-state index contributed by atoms with van der Waals surface area (Å²) in [5.41, 5.74) is 3.65. The van der Waals surface area contributed by atoms with Crippen molar-refractivity contribution in [1.29, 1.82) is 0 Å². The van der Waals surface area contributed by atoms with Crippen molar-refractivity contribution in [1.82, 2.24) is 0 Å². The molecule has 21 heavy (non-hydrogen) atoms. The van der Waals surface area contributed by atoms with Crippen molar-refractivity contribution >= 4 is 10.8 Å². The Bertz CT molecular complexity index is 702. The first-order valence-corrected chi connectivity index (χ1v) is 8.38. The quantitative estimate of drug-likeness (QED) is 0.741. The second-order valence-electron chi connectivity index (χ2n) is 7.28. The first-order valence-electron chi connectivity index (χ1n) is 8.38. The van der Waals surface area contributed by atoms with E-state index in [9.17, 15) is 5.11 Å². The fourth-order valence-electron chi connectivity index (χ4n) is 5.27. The molecule has 1 saturated carbocycles. The molecule has 2 aliphatic rings. The van der Waals surface area contributed by atoms with E-state index in [1.54, 1.807) is 11.1 Å². The number of hydrogen-bond acceptors (Lipinski definition) is 1. The standard InChI is InChI=1S/C20H24O/c1-3-14-5-9-19-18-7-4-13-12-15(21)6-8-16(13)17(18)10-11-20(14,19)2/h4,6-8,12,14,19,21H,3,5,9-11H2,1-2H3/t14-,19?,20+/m0/s1. The SMILES string of the molecule is CC[C@H]1CCC2c3ccc4cc(O)ccc4c3CC[C@@]21C. The van der Waals surface area contributed by atoms with Crippen LogP contribution < -0.4 is 0 Å². The molecule has 4 rings (SSSR count). The molecule has 1 N–H and O–H groups in total. The molecule has 1 heteroatoms. The molecule has 2 aromatic carbocycles. The van der Waals surface area contributed by atoms with Crippen LogP contribution in [0.25, 0.3) is 10.8 Å². The normalized spacial score (nSPS) is 31.1. The van der Waals surface area contributed by atoms with E-state index in [4.69, 9.17) is 0 Å². The van der Waals surface area contributed by atoms with E-state index in [2.05, 4.69) is 32.0 Å². The van der Waals surface area contributed by atoms with Crippen molar-refractivity contribution in [2.45, 2.75) is 51.9 Å². The predicted molar refractivity (Wildman–Crippen MR) is 87.8 cm³/mol. The summed E-state index contributed by atoms with van der Waals surface area (Å²) < 4.78 is 0. The molecule has 0 saturated heterocycles. The van der Waals surface area contributed by atoms with Crippen molar-refractivity contribution in [3.63, 3.8) is 0 Å². The van der Waals surface area contributed by atoms with Gasteiger partial charge in [-0.1, -0.05) is 38.5 Å². The van der Waals surface area contributed by atoms with E-state index in [-0.39, 0.29) is 0 Å². The minimum atomic E-state index is 0.370. The van der Waals surface area contributed by atoms with Gasteiger partial charge in [0.05, 0.1) is 0 Å². The van der Waals surface area contributed by atoms with Crippen LogP contribution in [0.1, 0.15) is 56.6 Å². The van der Waals surface area contributed by atoms with Crippen LogP contribution in [0.15, 0.2) is 30.3 Å². The molecule has 110 valence electrons. The molecule has 1 nitrogen and oxygen atoms in total. The topological polar surface area (TPSA) is 20.2 Å². The zero-order chi connectivity index (χ0) is 14.6. The summed E-state index contributed by atoms with van der Waals surface area (Å²) in [6.45, 7) is 4.89. The van der Waals surface area contributed by atoms with Crippen molar-refractivity contribution in [2.75, 3.05) is 0 Å². The van der Waals surface area contributed by atoms with Gasteiger partial charge in [-0.3, -0.25) is 0 Å². The van der Waals surface area contributed by atoms with Gasteiger partial charge in [0, 0.05) is 0 Å². The molecule has 0 radical (unpaired) electrons. The van der Waals surface area contributed by atoms with Crippen LogP contribution in [0.4, 0.5) is 0 Å². The third-order valence-electron chi connectivity index (χ3n) is 6.47. The number of fused-ring (bicyclic) bond motifs is 5. The minimum absolute atomic E-state index is 0.370. The van der Waals surface area contributed by atoms with Crippen molar-refractivity contribution in [3.8, 4) is 5.75 Å². The number of phenols is 1. The molecule has 0 amide bonds. The fraction of sp³-hybridized carbons (Fsp3) is 0.500. The monoisotopic (exact) mass is 280 g/mol. The summed E-state index contributed by atoms with van der Waals surface area (Å²) in [6.07, 6.45) is 6.59. The van der Waals surface area contributed by atoms with Gasteiger partial charge in [-0.25, -0.2) is 0 Å². The van der Waals surface area contributed by atoms with Crippen molar-refractivity contribution in [3.05, 3.63) is 41.5 Å². The first kappa shape index (κ1) is 13.2. The largest absolute Gasteiger partial charge is 0.508 e. The maximum Gasteiger partial charge on any atom is 0.116 e. The van der Waals surface area contributed by atoms with Gasteiger partial charge in [-0.2, -0.15) is 0 Å². The minimum Gasteiger partial charge on any atom is -0.508 e. The Balaban J connectivity index is 1.88. The third-order valence-corrected chi connectivity index (χ3v) is 6.47. The van der Waals surface area contributed by atoms with E-state index in [0.717, 1.165) is 11.8 Å². The number of aromatic hydroxyl groups is 1. The van der Waals surface area contributed by atoms with Crippen LogP contribution >= 0.6 is 0 Å². The molecule has 0 aromatic heterocycles. The lowest BCUT2D eigenvalue weighted by atomic mass is 9.62. The number of aryl methyl sites for hydroxylation is 1. The zero-order valence-electron chi connectivity index (χ0n) is 13.0. The van der Waals surface area contributed by atoms with Crippen molar-refractivity contribution < 1.29 is 5.11 Å². The number of benzene rings is 2. The highest BCUT2D eigenvalue weighted by Crippen LogP contribution is 2.60. The molecular formula is C20H24O. The second kappa shape index (κ2) is 4.50. The average Bonchev–Trinajstić information content (AvgIpc) is 2.83. The van der Waals surface area contributed by atoms with Crippen LogP contribution in [0.5, 0.6) is 5.75 Å². The maximum absolute atomic E-state index is 9.69. The predicted octanol–water partition coefficient (Wildman–Crippen LogP) is 5.40. The number of hydrogen-bond donors (Lipinski definition) is 1. The highest BCUT2D eigenvalue weighted by Gasteiger charge is 2.48. The second-order valence-corrected chi connectivity index (χ2v) is 7.28. The Morgan fingerprint density at radius 3 is 2.86 bits per heavy atom. The molecular weight excluding hydrogens is 256 g/mol. The first-order chi connectivity index (χ1) is 10.1. The molecule has 1 fully saturated rings. The molecule has 0 heterocycles. The number of phenolic OH excluding ortho intramolecular Hbond substituents is 1.